The number of aromatic nitrogens is 2. The second-order valence-corrected chi connectivity index (χ2v) is 8.16. The van der Waals surface area contributed by atoms with Crippen LogP contribution in [0, 0.1) is 10.1 Å². The SMILES string of the molecule is COC(OC)c1cc([N+](=O)[O-])cc2c1OC(C)C(=O)C2N(Cc1ncc[nH]1)c1cccc(Cl)c1. The predicted octanol–water partition coefficient (Wildman–Crippen LogP) is 4.36. The summed E-state index contributed by atoms with van der Waals surface area (Å²) >= 11 is 6.26. The van der Waals surface area contributed by atoms with Gasteiger partial charge in [-0.05, 0) is 25.1 Å². The number of H-pyrrole nitrogens is 1. The molecule has 2 aromatic carbocycles. The molecule has 4 rings (SSSR count). The Bertz CT molecular complexity index is 1200. The van der Waals surface area contributed by atoms with Crippen LogP contribution in [-0.4, -0.2) is 41.0 Å². The molecular weight excluding hydrogens is 464 g/mol. The first-order valence-electron chi connectivity index (χ1n) is 10.4. The van der Waals surface area contributed by atoms with Crippen LogP contribution in [0.1, 0.15) is 36.2 Å². The van der Waals surface area contributed by atoms with Gasteiger partial charge in [0.05, 0.1) is 17.0 Å². The van der Waals surface area contributed by atoms with E-state index in [4.69, 9.17) is 25.8 Å². The number of methoxy groups -OCH3 is 2. The Hall–Kier alpha value is -3.47. The summed E-state index contributed by atoms with van der Waals surface area (Å²) in [5.41, 5.74) is 1.08. The Morgan fingerprint density at radius 3 is 2.68 bits per heavy atom. The fourth-order valence-corrected chi connectivity index (χ4v) is 4.28. The lowest BCUT2D eigenvalue weighted by molar-refractivity contribution is -0.385. The van der Waals surface area contributed by atoms with Gasteiger partial charge in [0.15, 0.2) is 18.2 Å². The molecule has 0 amide bonds. The minimum Gasteiger partial charge on any atom is -0.482 e. The lowest BCUT2D eigenvalue weighted by atomic mass is 9.90. The van der Waals surface area contributed by atoms with Gasteiger partial charge in [-0.3, -0.25) is 14.9 Å². The number of nitrogens with one attached hydrogen (secondary N) is 1. The summed E-state index contributed by atoms with van der Waals surface area (Å²) in [6.45, 7) is 1.85. The van der Waals surface area contributed by atoms with Gasteiger partial charge in [0, 0.05) is 55.0 Å². The molecule has 0 saturated heterocycles. The van der Waals surface area contributed by atoms with Gasteiger partial charge in [-0.25, -0.2) is 4.98 Å². The molecule has 0 radical (unpaired) electrons. The van der Waals surface area contributed by atoms with Crippen molar-refractivity contribution in [1.82, 2.24) is 9.97 Å². The highest BCUT2D eigenvalue weighted by Gasteiger charge is 2.42. The monoisotopic (exact) mass is 486 g/mol. The third-order valence-corrected chi connectivity index (χ3v) is 5.85. The number of halogens is 1. The van der Waals surface area contributed by atoms with Crippen LogP contribution in [0.2, 0.25) is 5.02 Å². The molecule has 1 aromatic heterocycles. The molecule has 2 atom stereocenters. The Morgan fingerprint density at radius 2 is 2.06 bits per heavy atom. The number of hydrogen-bond acceptors (Lipinski definition) is 8. The molecule has 11 heteroatoms. The molecule has 0 spiro atoms. The van der Waals surface area contributed by atoms with E-state index in [-0.39, 0.29) is 18.0 Å². The van der Waals surface area contributed by atoms with Gasteiger partial charge in [-0.1, -0.05) is 17.7 Å². The van der Waals surface area contributed by atoms with Crippen LogP contribution in [0.15, 0.2) is 48.8 Å². The zero-order valence-corrected chi connectivity index (χ0v) is 19.5. The van der Waals surface area contributed by atoms with Crippen molar-refractivity contribution in [1.29, 1.82) is 0 Å². The maximum absolute atomic E-state index is 13.6. The second-order valence-electron chi connectivity index (χ2n) is 7.72. The van der Waals surface area contributed by atoms with Crippen LogP contribution >= 0.6 is 11.6 Å². The minimum atomic E-state index is -0.931. The van der Waals surface area contributed by atoms with E-state index >= 15 is 0 Å². The molecule has 1 aliphatic heterocycles. The van der Waals surface area contributed by atoms with Gasteiger partial charge in [0.2, 0.25) is 0 Å². The highest BCUT2D eigenvalue weighted by Crippen LogP contribution is 2.45. The van der Waals surface area contributed by atoms with Crippen molar-refractivity contribution in [2.75, 3.05) is 19.1 Å². The fraction of sp³-hybridized carbons (Fsp3) is 0.304. The number of hydrogen-bond donors (Lipinski definition) is 1. The summed E-state index contributed by atoms with van der Waals surface area (Å²) in [5.74, 6) is 0.644. The normalized spacial score (nSPS) is 17.4. The van der Waals surface area contributed by atoms with Crippen LogP contribution in [0.5, 0.6) is 5.75 Å². The molecule has 0 bridgehead atoms. The van der Waals surface area contributed by atoms with Crippen molar-refractivity contribution >= 4 is 28.8 Å². The van der Waals surface area contributed by atoms with Crippen molar-refractivity contribution in [2.24, 2.45) is 0 Å². The number of aromatic amines is 1. The Kier molecular flexibility index (Phi) is 6.82. The number of anilines is 1. The van der Waals surface area contributed by atoms with E-state index < -0.39 is 23.4 Å². The maximum atomic E-state index is 13.6. The van der Waals surface area contributed by atoms with Gasteiger partial charge in [-0.2, -0.15) is 0 Å². The quantitative estimate of drug-likeness (QED) is 0.283. The van der Waals surface area contributed by atoms with E-state index in [0.717, 1.165) is 0 Å². The standard InChI is InChI=1S/C23H23ClN4O6/c1-13-21(29)20(27(12-19-25-7-8-26-19)15-6-4-5-14(24)9-15)17-10-16(28(30)31)11-18(22(17)34-13)23(32-2)33-3/h4-11,13,20,23H,12H2,1-3H3,(H,25,26). The topological polar surface area (TPSA) is 120 Å². The number of nitrogens with zero attached hydrogens (tertiary/aromatic N) is 3. The number of carbonyl (C=O) groups excluding carboxylic acids is 1. The number of fused-ring (bicyclic) bond motifs is 1. The first-order chi connectivity index (χ1) is 16.3. The number of ether oxygens (including phenoxy) is 3. The number of Topliss-reactive ketones (excluding diaryl/α,β-unsaturated/α-hetero) is 1. The molecular formula is C23H23ClN4O6. The van der Waals surface area contributed by atoms with E-state index in [2.05, 4.69) is 9.97 Å². The molecule has 0 fully saturated rings. The zero-order valence-electron chi connectivity index (χ0n) is 18.7. The second kappa shape index (κ2) is 9.80. The molecule has 0 saturated carbocycles. The number of carbonyl (C=O) groups is 1. The van der Waals surface area contributed by atoms with Gasteiger partial charge in [0.1, 0.15) is 17.6 Å². The lowest BCUT2D eigenvalue weighted by Gasteiger charge is -2.39. The molecule has 10 nitrogen and oxygen atoms in total. The van der Waals surface area contributed by atoms with Crippen molar-refractivity contribution in [3.8, 4) is 5.75 Å². The Labute approximate surface area is 200 Å². The summed E-state index contributed by atoms with van der Waals surface area (Å²) < 4.78 is 16.7. The predicted molar refractivity (Wildman–Crippen MR) is 124 cm³/mol. The van der Waals surface area contributed by atoms with Crippen LogP contribution in [-0.2, 0) is 20.8 Å². The number of non-ortho nitro benzene ring substituents is 1. The third kappa shape index (κ3) is 4.47. The molecule has 1 aliphatic rings. The van der Waals surface area contributed by atoms with Crippen molar-refractivity contribution in [3.63, 3.8) is 0 Å². The highest BCUT2D eigenvalue weighted by atomic mass is 35.5. The van der Waals surface area contributed by atoms with E-state index in [1.54, 1.807) is 42.4 Å². The Morgan fingerprint density at radius 1 is 1.29 bits per heavy atom. The molecule has 178 valence electrons. The number of ketones is 1. The van der Waals surface area contributed by atoms with E-state index in [0.29, 0.717) is 33.4 Å². The van der Waals surface area contributed by atoms with Crippen molar-refractivity contribution in [2.45, 2.75) is 31.9 Å². The molecule has 1 N–H and O–H groups in total. The highest BCUT2D eigenvalue weighted by molar-refractivity contribution is 6.30. The summed E-state index contributed by atoms with van der Waals surface area (Å²) in [7, 11) is 2.84. The van der Waals surface area contributed by atoms with Crippen LogP contribution < -0.4 is 9.64 Å². The smallest absolute Gasteiger partial charge is 0.270 e. The average molecular weight is 487 g/mol. The first-order valence-corrected chi connectivity index (χ1v) is 10.8. The number of nitro benzene ring substituents is 1. The number of rotatable bonds is 8. The zero-order chi connectivity index (χ0) is 24.4. The summed E-state index contributed by atoms with van der Waals surface area (Å²) in [6, 6.07) is 8.81. The number of nitro groups is 1. The third-order valence-electron chi connectivity index (χ3n) is 5.61. The lowest BCUT2D eigenvalue weighted by Crippen LogP contribution is -2.44. The summed E-state index contributed by atoms with van der Waals surface area (Å²) in [6.07, 6.45) is 1.53. The Balaban J connectivity index is 1.95. The maximum Gasteiger partial charge on any atom is 0.270 e. The van der Waals surface area contributed by atoms with Crippen LogP contribution in [0.3, 0.4) is 0 Å². The minimum absolute atomic E-state index is 0.214. The van der Waals surface area contributed by atoms with E-state index in [1.807, 2.05) is 6.07 Å². The number of benzene rings is 2. The van der Waals surface area contributed by atoms with Gasteiger partial charge < -0.3 is 24.1 Å². The van der Waals surface area contributed by atoms with Crippen molar-refractivity contribution < 1.29 is 23.9 Å². The average Bonchev–Trinajstić information content (AvgIpc) is 3.33. The summed E-state index contributed by atoms with van der Waals surface area (Å²) in [4.78, 5) is 33.9. The van der Waals surface area contributed by atoms with Crippen molar-refractivity contribution in [3.05, 3.63) is 80.9 Å². The van der Waals surface area contributed by atoms with Gasteiger partial charge in [-0.15, -0.1) is 0 Å². The van der Waals surface area contributed by atoms with Gasteiger partial charge in [0.25, 0.3) is 5.69 Å². The van der Waals surface area contributed by atoms with Gasteiger partial charge >= 0.3 is 0 Å². The number of imidazole rings is 1. The largest absolute Gasteiger partial charge is 0.482 e. The van der Waals surface area contributed by atoms with E-state index in [1.165, 1.54) is 26.4 Å². The molecule has 2 heterocycles. The van der Waals surface area contributed by atoms with E-state index in [9.17, 15) is 14.9 Å². The fourth-order valence-electron chi connectivity index (χ4n) is 4.09. The summed E-state index contributed by atoms with van der Waals surface area (Å²) in [5, 5.41) is 12.3. The molecule has 0 aliphatic carbocycles. The molecule has 34 heavy (non-hydrogen) atoms. The van der Waals surface area contributed by atoms with Crippen LogP contribution in [0.25, 0.3) is 0 Å². The first kappa shape index (κ1) is 23.7. The molecule has 3 aromatic rings. The van der Waals surface area contributed by atoms with Crippen LogP contribution in [0.4, 0.5) is 11.4 Å². The molecule has 2 unspecified atom stereocenters.